The van der Waals surface area contributed by atoms with Crippen molar-refractivity contribution in [2.45, 2.75) is 18.9 Å². The monoisotopic (exact) mass is 272 g/mol. The lowest BCUT2D eigenvalue weighted by atomic mass is 10.0. The fourth-order valence-corrected chi connectivity index (χ4v) is 2.65. The maximum absolute atomic E-state index is 11.1. The van der Waals surface area contributed by atoms with E-state index in [-0.39, 0.29) is 10.6 Å². The van der Waals surface area contributed by atoms with Crippen molar-refractivity contribution < 1.29 is 4.92 Å². The summed E-state index contributed by atoms with van der Waals surface area (Å²) in [5, 5.41) is 19.3. The van der Waals surface area contributed by atoms with E-state index in [0.717, 1.165) is 37.0 Å². The molecule has 1 saturated heterocycles. The minimum atomic E-state index is -0.363. The zero-order chi connectivity index (χ0) is 13.9. The molecule has 1 aliphatic rings. The number of nitro groups is 1. The minimum Gasteiger partial charge on any atom is -0.382 e. The van der Waals surface area contributed by atoms with E-state index in [1.54, 1.807) is 24.5 Å². The Kier molecular flexibility index (Phi) is 3.47. The standard InChI is InChI=1S/C14H16N4O2/c19-18(20)14-2-1-13(11-5-8-16-9-12(11)14)17-10-3-6-15-7-4-10/h1-2,5,8-10,15,17H,3-4,6-7H2. The van der Waals surface area contributed by atoms with Crippen molar-refractivity contribution in [3.63, 3.8) is 0 Å². The third-order valence-corrected chi connectivity index (χ3v) is 3.69. The Balaban J connectivity index is 1.99. The van der Waals surface area contributed by atoms with Gasteiger partial charge in [0, 0.05) is 35.6 Å². The lowest BCUT2D eigenvalue weighted by Crippen LogP contribution is -2.35. The number of non-ortho nitro benzene ring substituents is 1. The summed E-state index contributed by atoms with van der Waals surface area (Å²) in [5.74, 6) is 0. The lowest BCUT2D eigenvalue weighted by Gasteiger charge is -2.25. The van der Waals surface area contributed by atoms with Crippen LogP contribution >= 0.6 is 0 Å². The molecule has 6 heteroatoms. The van der Waals surface area contributed by atoms with Crippen molar-refractivity contribution in [1.82, 2.24) is 10.3 Å². The highest BCUT2D eigenvalue weighted by Crippen LogP contribution is 2.31. The van der Waals surface area contributed by atoms with Crippen molar-refractivity contribution in [3.8, 4) is 0 Å². The number of benzene rings is 1. The van der Waals surface area contributed by atoms with Gasteiger partial charge in [0.05, 0.1) is 10.3 Å². The summed E-state index contributed by atoms with van der Waals surface area (Å²) >= 11 is 0. The quantitative estimate of drug-likeness (QED) is 0.662. The molecule has 2 heterocycles. The lowest BCUT2D eigenvalue weighted by molar-refractivity contribution is -0.383. The molecule has 0 aliphatic carbocycles. The number of pyridine rings is 1. The zero-order valence-electron chi connectivity index (χ0n) is 11.0. The van der Waals surface area contributed by atoms with Crippen molar-refractivity contribution in [2.24, 2.45) is 0 Å². The topological polar surface area (TPSA) is 80.1 Å². The van der Waals surface area contributed by atoms with Crippen LogP contribution in [0.2, 0.25) is 0 Å². The first-order chi connectivity index (χ1) is 9.75. The fourth-order valence-electron chi connectivity index (χ4n) is 2.65. The van der Waals surface area contributed by atoms with Crippen LogP contribution in [0.4, 0.5) is 11.4 Å². The van der Waals surface area contributed by atoms with Crippen molar-refractivity contribution in [2.75, 3.05) is 18.4 Å². The van der Waals surface area contributed by atoms with Crippen LogP contribution in [0.25, 0.3) is 10.8 Å². The van der Waals surface area contributed by atoms with Gasteiger partial charge in [0.1, 0.15) is 0 Å². The Morgan fingerprint density at radius 3 is 2.80 bits per heavy atom. The van der Waals surface area contributed by atoms with E-state index in [1.807, 2.05) is 6.07 Å². The molecule has 104 valence electrons. The smallest absolute Gasteiger partial charge is 0.278 e. The Bertz CT molecular complexity index is 638. The molecule has 2 aromatic rings. The van der Waals surface area contributed by atoms with Crippen LogP contribution in [0.15, 0.2) is 30.6 Å². The molecule has 0 bridgehead atoms. The average molecular weight is 272 g/mol. The van der Waals surface area contributed by atoms with Crippen LogP contribution in [-0.4, -0.2) is 29.0 Å². The van der Waals surface area contributed by atoms with Gasteiger partial charge in [-0.2, -0.15) is 0 Å². The van der Waals surface area contributed by atoms with Crippen molar-refractivity contribution in [1.29, 1.82) is 0 Å². The third-order valence-electron chi connectivity index (χ3n) is 3.69. The number of piperidine rings is 1. The van der Waals surface area contributed by atoms with E-state index in [4.69, 9.17) is 0 Å². The van der Waals surface area contributed by atoms with Crippen LogP contribution < -0.4 is 10.6 Å². The van der Waals surface area contributed by atoms with Gasteiger partial charge in [0.15, 0.2) is 0 Å². The highest BCUT2D eigenvalue weighted by Gasteiger charge is 2.17. The van der Waals surface area contributed by atoms with Gasteiger partial charge in [-0.25, -0.2) is 0 Å². The van der Waals surface area contributed by atoms with E-state index in [9.17, 15) is 10.1 Å². The predicted octanol–water partition coefficient (Wildman–Crippen LogP) is 2.31. The van der Waals surface area contributed by atoms with E-state index >= 15 is 0 Å². The summed E-state index contributed by atoms with van der Waals surface area (Å²) in [5.41, 5.74) is 1.05. The van der Waals surface area contributed by atoms with Gasteiger partial charge in [-0.15, -0.1) is 0 Å². The molecule has 2 N–H and O–H groups in total. The van der Waals surface area contributed by atoms with Gasteiger partial charge in [0.25, 0.3) is 5.69 Å². The van der Waals surface area contributed by atoms with E-state index in [0.29, 0.717) is 11.4 Å². The summed E-state index contributed by atoms with van der Waals surface area (Å²) in [7, 11) is 0. The maximum atomic E-state index is 11.1. The molecule has 0 unspecified atom stereocenters. The van der Waals surface area contributed by atoms with Gasteiger partial charge in [-0.05, 0) is 38.1 Å². The van der Waals surface area contributed by atoms with Crippen LogP contribution in [0.1, 0.15) is 12.8 Å². The second kappa shape index (κ2) is 5.42. The number of nitrogens with one attached hydrogen (secondary N) is 2. The molecule has 0 amide bonds. The molecule has 6 nitrogen and oxygen atoms in total. The highest BCUT2D eigenvalue weighted by molar-refractivity contribution is 5.99. The third kappa shape index (κ3) is 2.42. The molecule has 1 aromatic heterocycles. The summed E-state index contributed by atoms with van der Waals surface area (Å²) in [6, 6.07) is 5.58. The van der Waals surface area contributed by atoms with Crippen molar-refractivity contribution in [3.05, 3.63) is 40.7 Å². The normalized spacial score (nSPS) is 16.2. The number of rotatable bonds is 3. The number of aromatic nitrogens is 1. The second-order valence-electron chi connectivity index (χ2n) is 4.98. The molecule has 1 aromatic carbocycles. The molecule has 0 saturated carbocycles. The number of nitrogens with zero attached hydrogens (tertiary/aromatic N) is 2. The second-order valence-corrected chi connectivity index (χ2v) is 4.98. The van der Waals surface area contributed by atoms with Gasteiger partial charge < -0.3 is 10.6 Å². The number of anilines is 1. The first-order valence-electron chi connectivity index (χ1n) is 6.74. The molecule has 3 rings (SSSR count). The molecule has 0 atom stereocenters. The van der Waals surface area contributed by atoms with Gasteiger partial charge in [0.2, 0.25) is 0 Å². The maximum Gasteiger partial charge on any atom is 0.278 e. The Morgan fingerprint density at radius 2 is 2.05 bits per heavy atom. The number of fused-ring (bicyclic) bond motifs is 1. The summed E-state index contributed by atoms with van der Waals surface area (Å²) in [6.07, 6.45) is 5.34. The van der Waals surface area contributed by atoms with Crippen molar-refractivity contribution >= 4 is 22.1 Å². The van der Waals surface area contributed by atoms with Crippen LogP contribution in [0, 0.1) is 10.1 Å². The molecule has 0 spiro atoms. The van der Waals surface area contributed by atoms with Gasteiger partial charge >= 0.3 is 0 Å². The average Bonchev–Trinajstić information content (AvgIpc) is 2.48. The first-order valence-corrected chi connectivity index (χ1v) is 6.74. The molecular formula is C14H16N4O2. The predicted molar refractivity (Wildman–Crippen MR) is 77.9 cm³/mol. The molecule has 1 aliphatic heterocycles. The van der Waals surface area contributed by atoms with Crippen LogP contribution in [0.5, 0.6) is 0 Å². The summed E-state index contributed by atoms with van der Waals surface area (Å²) in [6.45, 7) is 2.01. The Labute approximate surface area is 116 Å². The van der Waals surface area contributed by atoms with E-state index in [1.165, 1.54) is 0 Å². The summed E-state index contributed by atoms with van der Waals surface area (Å²) in [4.78, 5) is 14.7. The Morgan fingerprint density at radius 1 is 1.25 bits per heavy atom. The number of hydrogen-bond donors (Lipinski definition) is 2. The Hall–Kier alpha value is -2.21. The van der Waals surface area contributed by atoms with Crippen LogP contribution in [-0.2, 0) is 0 Å². The van der Waals surface area contributed by atoms with E-state index in [2.05, 4.69) is 15.6 Å². The minimum absolute atomic E-state index is 0.101. The molecule has 1 fully saturated rings. The van der Waals surface area contributed by atoms with Crippen LogP contribution in [0.3, 0.4) is 0 Å². The number of nitro benzene ring substituents is 1. The SMILES string of the molecule is O=[N+]([O-])c1ccc(NC2CCNCC2)c2ccncc12. The first kappa shape index (κ1) is 12.8. The molecule has 20 heavy (non-hydrogen) atoms. The largest absolute Gasteiger partial charge is 0.382 e. The highest BCUT2D eigenvalue weighted by atomic mass is 16.6. The van der Waals surface area contributed by atoms with Gasteiger partial charge in [-0.1, -0.05) is 0 Å². The molecule has 0 radical (unpaired) electrons. The summed E-state index contributed by atoms with van der Waals surface area (Å²) < 4.78 is 0. The fraction of sp³-hybridized carbons (Fsp3) is 0.357. The number of hydrogen-bond acceptors (Lipinski definition) is 5. The van der Waals surface area contributed by atoms with E-state index < -0.39 is 0 Å². The zero-order valence-corrected chi connectivity index (χ0v) is 11.0. The van der Waals surface area contributed by atoms with Gasteiger partial charge in [-0.3, -0.25) is 15.1 Å². The molecular weight excluding hydrogens is 256 g/mol.